The molecule has 0 aliphatic carbocycles. The van der Waals surface area contributed by atoms with Crippen molar-refractivity contribution >= 4 is 22.8 Å². The molecule has 20 heavy (non-hydrogen) atoms. The summed E-state index contributed by atoms with van der Waals surface area (Å²) in [6.45, 7) is 0. The van der Waals surface area contributed by atoms with E-state index in [9.17, 15) is 4.79 Å². The summed E-state index contributed by atoms with van der Waals surface area (Å²) in [7, 11) is 1.72. The molecular weight excluding hydrogens is 272 g/mol. The lowest BCUT2D eigenvalue weighted by Gasteiger charge is -2.07. The van der Waals surface area contributed by atoms with Crippen molar-refractivity contribution in [2.75, 3.05) is 6.26 Å². The lowest BCUT2D eigenvalue weighted by Crippen LogP contribution is -2.19. The molecule has 0 bridgehead atoms. The van der Waals surface area contributed by atoms with E-state index in [1.807, 2.05) is 24.5 Å². The predicted molar refractivity (Wildman–Crippen MR) is 79.8 cm³/mol. The smallest absolute Gasteiger partial charge is 0.254 e. The van der Waals surface area contributed by atoms with Crippen molar-refractivity contribution in [1.29, 1.82) is 0 Å². The number of hydrogen-bond donors (Lipinski definition) is 0. The molecule has 1 aromatic carbocycles. The Bertz CT molecular complexity index is 844. The van der Waals surface area contributed by atoms with Crippen molar-refractivity contribution in [2.24, 2.45) is 7.05 Å². The molecule has 0 amide bonds. The van der Waals surface area contributed by atoms with Gasteiger partial charge in [0, 0.05) is 31.1 Å². The van der Waals surface area contributed by atoms with E-state index in [1.54, 1.807) is 19.4 Å². The molecule has 100 valence electrons. The molecule has 0 N–H and O–H groups in total. The summed E-state index contributed by atoms with van der Waals surface area (Å²) in [5.74, 6) is 0. The van der Waals surface area contributed by atoms with Crippen LogP contribution in [0, 0.1) is 0 Å². The van der Waals surface area contributed by atoms with Crippen molar-refractivity contribution in [2.45, 2.75) is 5.16 Å². The van der Waals surface area contributed by atoms with Gasteiger partial charge in [0.1, 0.15) is 0 Å². The standard InChI is InChI=1S/C14H12N4OS/c1-18-13(19)8-11(17-14(18)20-2)9-3-4-10-12(7-9)16-6-5-15-10/h3-8H,1-2H3. The van der Waals surface area contributed by atoms with Gasteiger partial charge in [-0.15, -0.1) is 0 Å². The summed E-state index contributed by atoms with van der Waals surface area (Å²) in [4.78, 5) is 24.9. The number of nitrogens with zero attached hydrogens (tertiary/aromatic N) is 4. The van der Waals surface area contributed by atoms with Gasteiger partial charge >= 0.3 is 0 Å². The molecule has 6 heteroatoms. The third-order valence-electron chi connectivity index (χ3n) is 3.04. The molecule has 2 heterocycles. The van der Waals surface area contributed by atoms with Gasteiger partial charge in [0.2, 0.25) is 0 Å². The first kappa shape index (κ1) is 12.8. The number of thioether (sulfide) groups is 1. The Labute approximate surface area is 119 Å². The van der Waals surface area contributed by atoms with Gasteiger partial charge in [-0.05, 0) is 18.4 Å². The second-order valence-electron chi connectivity index (χ2n) is 4.29. The average Bonchev–Trinajstić information content (AvgIpc) is 2.49. The fourth-order valence-electron chi connectivity index (χ4n) is 1.97. The van der Waals surface area contributed by atoms with Crippen molar-refractivity contribution in [3.05, 3.63) is 47.0 Å². The van der Waals surface area contributed by atoms with Crippen LogP contribution in [0.1, 0.15) is 0 Å². The van der Waals surface area contributed by atoms with Gasteiger partial charge in [-0.2, -0.15) is 0 Å². The summed E-state index contributed by atoms with van der Waals surface area (Å²) in [6.07, 6.45) is 5.21. The number of aromatic nitrogens is 4. The second-order valence-corrected chi connectivity index (χ2v) is 5.06. The molecule has 0 atom stereocenters. The van der Waals surface area contributed by atoms with Crippen LogP contribution in [0.4, 0.5) is 0 Å². The Morgan fingerprint density at radius 2 is 1.85 bits per heavy atom. The highest BCUT2D eigenvalue weighted by molar-refractivity contribution is 7.98. The topological polar surface area (TPSA) is 60.7 Å². The van der Waals surface area contributed by atoms with Crippen molar-refractivity contribution < 1.29 is 0 Å². The molecule has 0 unspecified atom stereocenters. The maximum Gasteiger partial charge on any atom is 0.254 e. The van der Waals surface area contributed by atoms with Crippen molar-refractivity contribution in [1.82, 2.24) is 19.5 Å². The van der Waals surface area contributed by atoms with E-state index in [2.05, 4.69) is 15.0 Å². The van der Waals surface area contributed by atoms with Gasteiger partial charge in [-0.3, -0.25) is 19.3 Å². The van der Waals surface area contributed by atoms with Gasteiger partial charge in [0.25, 0.3) is 5.56 Å². The van der Waals surface area contributed by atoms with E-state index in [-0.39, 0.29) is 5.56 Å². The Hall–Kier alpha value is -2.21. The SMILES string of the molecule is CSc1nc(-c2ccc3nccnc3c2)cc(=O)n1C. The Morgan fingerprint density at radius 3 is 2.60 bits per heavy atom. The lowest BCUT2D eigenvalue weighted by molar-refractivity contribution is 0.712. The predicted octanol–water partition coefficient (Wildman–Crippen LogP) is 2.11. The minimum absolute atomic E-state index is 0.0707. The number of fused-ring (bicyclic) bond motifs is 1. The number of benzene rings is 1. The number of hydrogen-bond acceptors (Lipinski definition) is 5. The van der Waals surface area contributed by atoms with Crippen LogP contribution in [-0.4, -0.2) is 25.8 Å². The maximum atomic E-state index is 11.9. The highest BCUT2D eigenvalue weighted by Gasteiger charge is 2.08. The monoisotopic (exact) mass is 284 g/mol. The zero-order valence-corrected chi connectivity index (χ0v) is 11.9. The third kappa shape index (κ3) is 2.18. The summed E-state index contributed by atoms with van der Waals surface area (Å²) >= 11 is 1.45. The molecule has 3 aromatic rings. The van der Waals surface area contributed by atoms with Gasteiger partial charge in [0.15, 0.2) is 5.16 Å². The molecule has 2 aromatic heterocycles. The van der Waals surface area contributed by atoms with E-state index >= 15 is 0 Å². The van der Waals surface area contributed by atoms with Gasteiger partial charge in [0.05, 0.1) is 16.7 Å². The van der Waals surface area contributed by atoms with E-state index in [0.717, 1.165) is 16.6 Å². The molecule has 0 spiro atoms. The van der Waals surface area contributed by atoms with Crippen LogP contribution in [0.25, 0.3) is 22.3 Å². The molecule has 5 nitrogen and oxygen atoms in total. The van der Waals surface area contributed by atoms with E-state index < -0.39 is 0 Å². The Morgan fingerprint density at radius 1 is 1.10 bits per heavy atom. The second kappa shape index (κ2) is 5.05. The van der Waals surface area contributed by atoms with Crippen LogP contribution >= 0.6 is 11.8 Å². The quantitative estimate of drug-likeness (QED) is 0.533. The average molecular weight is 284 g/mol. The highest BCUT2D eigenvalue weighted by atomic mass is 32.2. The largest absolute Gasteiger partial charge is 0.291 e. The lowest BCUT2D eigenvalue weighted by atomic mass is 10.1. The summed E-state index contributed by atoms with van der Waals surface area (Å²) in [6, 6.07) is 7.23. The van der Waals surface area contributed by atoms with Crippen molar-refractivity contribution in [3.8, 4) is 11.3 Å². The number of rotatable bonds is 2. The first-order chi connectivity index (χ1) is 9.69. The molecular formula is C14H12N4OS. The summed E-state index contributed by atoms with van der Waals surface area (Å²) in [5, 5.41) is 0.687. The molecule has 0 saturated carbocycles. The summed E-state index contributed by atoms with van der Waals surface area (Å²) < 4.78 is 1.54. The highest BCUT2D eigenvalue weighted by Crippen LogP contribution is 2.21. The molecule has 0 aliphatic rings. The third-order valence-corrected chi connectivity index (χ3v) is 3.77. The minimum Gasteiger partial charge on any atom is -0.291 e. The van der Waals surface area contributed by atoms with Gasteiger partial charge in [-0.25, -0.2) is 4.98 Å². The van der Waals surface area contributed by atoms with E-state index in [1.165, 1.54) is 22.4 Å². The van der Waals surface area contributed by atoms with Crippen LogP contribution in [0.5, 0.6) is 0 Å². The van der Waals surface area contributed by atoms with Crippen molar-refractivity contribution in [3.63, 3.8) is 0 Å². The minimum atomic E-state index is -0.0707. The van der Waals surface area contributed by atoms with Crippen LogP contribution in [0.2, 0.25) is 0 Å². The molecule has 0 radical (unpaired) electrons. The fourth-order valence-corrected chi connectivity index (χ4v) is 2.52. The van der Waals surface area contributed by atoms with Crippen LogP contribution in [0.3, 0.4) is 0 Å². The molecule has 0 fully saturated rings. The Kier molecular flexibility index (Phi) is 3.23. The Balaban J connectivity index is 2.20. The fraction of sp³-hybridized carbons (Fsp3) is 0.143. The normalized spacial score (nSPS) is 10.9. The zero-order valence-electron chi connectivity index (χ0n) is 11.1. The first-order valence-electron chi connectivity index (χ1n) is 6.02. The van der Waals surface area contributed by atoms with Gasteiger partial charge in [-0.1, -0.05) is 17.8 Å². The van der Waals surface area contributed by atoms with E-state index in [4.69, 9.17) is 0 Å². The molecule has 3 rings (SSSR count). The van der Waals surface area contributed by atoms with Gasteiger partial charge < -0.3 is 0 Å². The van der Waals surface area contributed by atoms with Crippen LogP contribution in [-0.2, 0) is 7.05 Å². The first-order valence-corrected chi connectivity index (χ1v) is 7.25. The molecule has 0 aliphatic heterocycles. The van der Waals surface area contributed by atoms with Crippen LogP contribution < -0.4 is 5.56 Å². The van der Waals surface area contributed by atoms with Crippen LogP contribution in [0.15, 0.2) is 46.6 Å². The summed E-state index contributed by atoms with van der Waals surface area (Å²) in [5.41, 5.74) is 3.07. The molecule has 0 saturated heterocycles. The van der Waals surface area contributed by atoms with E-state index in [0.29, 0.717) is 10.9 Å². The zero-order chi connectivity index (χ0) is 14.1. The maximum absolute atomic E-state index is 11.9.